The molecule has 0 aromatic carbocycles. The third-order valence-corrected chi connectivity index (χ3v) is 4.17. The molecule has 3 nitrogen and oxygen atoms in total. The van der Waals surface area contributed by atoms with Crippen LogP contribution in [-0.4, -0.2) is 18.1 Å². The normalized spacial score (nSPS) is 18.1. The smallest absolute Gasteiger partial charge is 0.163 e. The van der Waals surface area contributed by atoms with Gasteiger partial charge >= 0.3 is 0 Å². The third-order valence-electron chi connectivity index (χ3n) is 4.17. The van der Waals surface area contributed by atoms with Gasteiger partial charge in [-0.3, -0.25) is 0 Å². The first kappa shape index (κ1) is 11.9. The lowest BCUT2D eigenvalue weighted by atomic mass is 9.82. The Labute approximate surface area is 103 Å². The minimum Gasteiger partial charge on any atom is -0.369 e. The van der Waals surface area contributed by atoms with Gasteiger partial charge in [0.05, 0.1) is 5.69 Å². The molecule has 0 aliphatic carbocycles. The quantitative estimate of drug-likeness (QED) is 0.800. The van der Waals surface area contributed by atoms with Gasteiger partial charge in [-0.25, -0.2) is 4.98 Å². The van der Waals surface area contributed by atoms with Gasteiger partial charge in [-0.05, 0) is 36.8 Å². The van der Waals surface area contributed by atoms with Crippen LogP contribution in [0.25, 0.3) is 0 Å². The van der Waals surface area contributed by atoms with E-state index < -0.39 is 0 Å². The Morgan fingerprint density at radius 3 is 2.82 bits per heavy atom. The van der Waals surface area contributed by atoms with Gasteiger partial charge in [0, 0.05) is 19.3 Å². The van der Waals surface area contributed by atoms with Crippen LogP contribution in [0.15, 0.2) is 18.3 Å². The summed E-state index contributed by atoms with van der Waals surface area (Å²) in [5.41, 5.74) is 1.98. The highest BCUT2D eigenvalue weighted by Crippen LogP contribution is 2.39. The van der Waals surface area contributed by atoms with Crippen molar-refractivity contribution in [1.29, 1.82) is 5.26 Å². The highest BCUT2D eigenvalue weighted by atomic mass is 15.2. The fourth-order valence-electron chi connectivity index (χ4n) is 2.71. The molecule has 1 aromatic rings. The van der Waals surface area contributed by atoms with Gasteiger partial charge in [-0.15, -0.1) is 0 Å². The maximum atomic E-state index is 9.08. The van der Waals surface area contributed by atoms with Crippen LogP contribution in [0.4, 0.5) is 5.69 Å². The minimum absolute atomic E-state index is 0.433. The van der Waals surface area contributed by atoms with E-state index in [1.807, 2.05) is 12.1 Å². The predicted octanol–water partition coefficient (Wildman–Crippen LogP) is 2.97. The van der Waals surface area contributed by atoms with E-state index in [4.69, 9.17) is 5.26 Å². The molecule has 1 aliphatic rings. The van der Waals surface area contributed by atoms with E-state index in [1.54, 1.807) is 6.20 Å². The van der Waals surface area contributed by atoms with E-state index in [0.29, 0.717) is 11.1 Å². The van der Waals surface area contributed by atoms with E-state index in [0.717, 1.165) is 18.8 Å². The number of pyridine rings is 1. The summed E-state index contributed by atoms with van der Waals surface area (Å²) in [7, 11) is 0. The molecule has 1 aromatic heterocycles. The fourth-order valence-corrected chi connectivity index (χ4v) is 2.71. The van der Waals surface area contributed by atoms with Crippen molar-refractivity contribution in [2.24, 2.45) is 5.41 Å². The van der Waals surface area contributed by atoms with E-state index in [2.05, 4.69) is 29.8 Å². The zero-order valence-corrected chi connectivity index (χ0v) is 10.6. The molecule has 0 saturated carbocycles. The molecule has 90 valence electrons. The number of hydrogen-bond acceptors (Lipinski definition) is 3. The molecule has 1 saturated heterocycles. The number of aromatic nitrogens is 1. The van der Waals surface area contributed by atoms with E-state index in [-0.39, 0.29) is 0 Å². The maximum Gasteiger partial charge on any atom is 0.163 e. The molecule has 0 unspecified atom stereocenters. The van der Waals surface area contributed by atoms with Crippen molar-refractivity contribution in [3.63, 3.8) is 0 Å². The van der Waals surface area contributed by atoms with Crippen LogP contribution in [-0.2, 0) is 0 Å². The van der Waals surface area contributed by atoms with Crippen molar-refractivity contribution >= 4 is 5.69 Å². The van der Waals surface area contributed by atoms with E-state index in [1.165, 1.54) is 19.3 Å². The molecule has 2 rings (SSSR count). The molecule has 0 atom stereocenters. The Hall–Kier alpha value is -1.56. The zero-order valence-electron chi connectivity index (χ0n) is 10.6. The summed E-state index contributed by atoms with van der Waals surface area (Å²) in [4.78, 5) is 6.46. The molecule has 0 radical (unpaired) electrons. The van der Waals surface area contributed by atoms with Crippen molar-refractivity contribution in [2.45, 2.75) is 33.1 Å². The lowest BCUT2D eigenvalue weighted by Gasteiger charge is -2.27. The van der Waals surface area contributed by atoms with Crippen LogP contribution in [0.1, 0.15) is 38.8 Å². The van der Waals surface area contributed by atoms with Crippen LogP contribution in [0.2, 0.25) is 0 Å². The number of nitrogens with zero attached hydrogens (tertiary/aromatic N) is 3. The highest BCUT2D eigenvalue weighted by Gasteiger charge is 2.35. The summed E-state index contributed by atoms with van der Waals surface area (Å²) in [6.07, 6.45) is 5.33. The van der Waals surface area contributed by atoms with Gasteiger partial charge in [-0.1, -0.05) is 13.8 Å². The Morgan fingerprint density at radius 2 is 2.24 bits per heavy atom. The summed E-state index contributed by atoms with van der Waals surface area (Å²) < 4.78 is 0. The maximum absolute atomic E-state index is 9.08. The van der Waals surface area contributed by atoms with Crippen molar-refractivity contribution in [2.75, 3.05) is 18.0 Å². The third kappa shape index (κ3) is 2.12. The Kier molecular flexibility index (Phi) is 3.33. The SMILES string of the molecule is CCC1(CC)CCN(c2cccnc2C#N)C1. The number of nitriles is 1. The number of hydrogen-bond donors (Lipinski definition) is 0. The van der Waals surface area contributed by atoms with E-state index in [9.17, 15) is 0 Å². The zero-order chi connectivity index (χ0) is 12.3. The summed E-state index contributed by atoms with van der Waals surface area (Å²) in [6.45, 7) is 6.63. The molecule has 1 fully saturated rings. The second-order valence-corrected chi connectivity index (χ2v) is 4.86. The Bertz CT molecular complexity index is 429. The van der Waals surface area contributed by atoms with Gasteiger partial charge in [0.15, 0.2) is 5.69 Å². The fraction of sp³-hybridized carbons (Fsp3) is 0.571. The summed E-state index contributed by atoms with van der Waals surface area (Å²) in [5.74, 6) is 0. The first-order chi connectivity index (χ1) is 8.24. The van der Waals surface area contributed by atoms with Crippen molar-refractivity contribution in [3.05, 3.63) is 24.0 Å². The van der Waals surface area contributed by atoms with Gasteiger partial charge in [0.25, 0.3) is 0 Å². The van der Waals surface area contributed by atoms with E-state index >= 15 is 0 Å². The lowest BCUT2D eigenvalue weighted by molar-refractivity contribution is 0.301. The molecule has 0 spiro atoms. The first-order valence-corrected chi connectivity index (χ1v) is 6.35. The molecule has 0 amide bonds. The Morgan fingerprint density at radius 1 is 1.47 bits per heavy atom. The second-order valence-electron chi connectivity index (χ2n) is 4.86. The van der Waals surface area contributed by atoms with Crippen LogP contribution in [0.3, 0.4) is 0 Å². The topological polar surface area (TPSA) is 39.9 Å². The molecule has 3 heteroatoms. The first-order valence-electron chi connectivity index (χ1n) is 6.35. The van der Waals surface area contributed by atoms with Crippen LogP contribution >= 0.6 is 0 Å². The summed E-state index contributed by atoms with van der Waals surface area (Å²) in [5, 5.41) is 9.08. The predicted molar refractivity (Wildman–Crippen MR) is 68.8 cm³/mol. The van der Waals surface area contributed by atoms with Crippen LogP contribution in [0, 0.1) is 16.7 Å². The molecule has 1 aliphatic heterocycles. The monoisotopic (exact) mass is 229 g/mol. The summed E-state index contributed by atoms with van der Waals surface area (Å²) >= 11 is 0. The number of rotatable bonds is 3. The van der Waals surface area contributed by atoms with Crippen molar-refractivity contribution in [3.8, 4) is 6.07 Å². The van der Waals surface area contributed by atoms with Gasteiger partial charge in [-0.2, -0.15) is 5.26 Å². The molecule has 17 heavy (non-hydrogen) atoms. The molecule has 0 N–H and O–H groups in total. The second kappa shape index (κ2) is 4.75. The summed E-state index contributed by atoms with van der Waals surface area (Å²) in [6, 6.07) is 6.10. The van der Waals surface area contributed by atoms with Gasteiger partial charge < -0.3 is 4.90 Å². The van der Waals surface area contributed by atoms with Crippen LogP contribution < -0.4 is 4.90 Å². The Balaban J connectivity index is 2.24. The van der Waals surface area contributed by atoms with Crippen molar-refractivity contribution in [1.82, 2.24) is 4.98 Å². The van der Waals surface area contributed by atoms with Gasteiger partial charge in [0.2, 0.25) is 0 Å². The molecular weight excluding hydrogens is 210 g/mol. The standard InChI is InChI=1S/C14H19N3/c1-3-14(4-2)7-9-17(11-14)13-6-5-8-16-12(13)10-15/h5-6,8H,3-4,7,9,11H2,1-2H3. The average Bonchev–Trinajstić information content (AvgIpc) is 2.83. The highest BCUT2D eigenvalue weighted by molar-refractivity contribution is 5.56. The molecule has 2 heterocycles. The van der Waals surface area contributed by atoms with Gasteiger partial charge in [0.1, 0.15) is 6.07 Å². The lowest BCUT2D eigenvalue weighted by Crippen LogP contribution is -2.26. The average molecular weight is 229 g/mol. The minimum atomic E-state index is 0.433. The molecule has 0 bridgehead atoms. The van der Waals surface area contributed by atoms with Crippen molar-refractivity contribution < 1.29 is 0 Å². The largest absolute Gasteiger partial charge is 0.369 e. The number of anilines is 1. The molecular formula is C14H19N3. The van der Waals surface area contributed by atoms with Crippen LogP contribution in [0.5, 0.6) is 0 Å².